The molecule has 1 aliphatic heterocycles. The number of nitrogens with zero attached hydrogens (tertiary/aromatic N) is 1. The minimum Gasteiger partial charge on any atom is -0.362 e. The molecule has 0 saturated carbocycles. The summed E-state index contributed by atoms with van der Waals surface area (Å²) >= 11 is 0. The van der Waals surface area contributed by atoms with Gasteiger partial charge in [-0.1, -0.05) is 46.4 Å². The lowest BCUT2D eigenvalue weighted by Gasteiger charge is -2.31. The van der Waals surface area contributed by atoms with Crippen LogP contribution in [0.15, 0.2) is 36.2 Å². The zero-order valence-electron chi connectivity index (χ0n) is 14.2. The first-order chi connectivity index (χ1) is 9.65. The smallest absolute Gasteiger partial charge is 0.0381 e. The maximum Gasteiger partial charge on any atom is 0.0381 e. The van der Waals surface area contributed by atoms with E-state index >= 15 is 0 Å². The summed E-state index contributed by atoms with van der Waals surface area (Å²) in [6.07, 6.45) is 9.88. The number of nitrogens with one attached hydrogen (secondary N) is 1. The number of rotatable bonds is 6. The number of hydrogen-bond donors (Lipinski definition) is 1. The largest absolute Gasteiger partial charge is 0.362 e. The molecule has 0 radical (unpaired) electrons. The fourth-order valence-corrected chi connectivity index (χ4v) is 2.33. The summed E-state index contributed by atoms with van der Waals surface area (Å²) in [5.41, 5.74) is 2.48. The molecule has 0 aromatic rings. The van der Waals surface area contributed by atoms with Gasteiger partial charge in [0.15, 0.2) is 0 Å². The third-order valence-electron chi connectivity index (χ3n) is 3.45. The Morgan fingerprint density at radius 3 is 2.40 bits per heavy atom. The lowest BCUT2D eigenvalue weighted by Crippen LogP contribution is -2.36. The van der Waals surface area contributed by atoms with Crippen molar-refractivity contribution in [2.75, 3.05) is 19.6 Å². The van der Waals surface area contributed by atoms with Gasteiger partial charge in [-0.25, -0.2) is 0 Å². The predicted molar refractivity (Wildman–Crippen MR) is 91.6 cm³/mol. The van der Waals surface area contributed by atoms with Crippen molar-refractivity contribution in [2.45, 2.75) is 53.9 Å². The lowest BCUT2D eigenvalue weighted by atomic mass is 9.99. The second kappa shape index (κ2) is 11.8. The number of piperidine rings is 1. The van der Waals surface area contributed by atoms with E-state index in [2.05, 4.69) is 43.6 Å². The maximum atomic E-state index is 3.73. The normalized spacial score (nSPS) is 18.2. The molecule has 1 aliphatic rings. The quantitative estimate of drug-likeness (QED) is 0.707. The molecule has 0 bridgehead atoms. The average molecular weight is 278 g/mol. The molecule has 0 unspecified atom stereocenters. The van der Waals surface area contributed by atoms with E-state index in [1.165, 1.54) is 31.6 Å². The summed E-state index contributed by atoms with van der Waals surface area (Å²) < 4.78 is 0. The maximum absolute atomic E-state index is 3.73. The van der Waals surface area contributed by atoms with Crippen molar-refractivity contribution in [3.63, 3.8) is 0 Å². The second-order valence-electron chi connectivity index (χ2n) is 5.31. The van der Waals surface area contributed by atoms with Gasteiger partial charge in [0, 0.05) is 17.9 Å². The van der Waals surface area contributed by atoms with Crippen LogP contribution in [0.3, 0.4) is 0 Å². The summed E-state index contributed by atoms with van der Waals surface area (Å²) in [6, 6.07) is 0. The zero-order chi connectivity index (χ0) is 15.4. The van der Waals surface area contributed by atoms with E-state index in [-0.39, 0.29) is 0 Å². The number of hydrogen-bond acceptors (Lipinski definition) is 2. The van der Waals surface area contributed by atoms with Crippen molar-refractivity contribution < 1.29 is 0 Å². The van der Waals surface area contributed by atoms with Crippen LogP contribution in [0.25, 0.3) is 0 Å². The highest BCUT2D eigenvalue weighted by atomic mass is 15.1. The van der Waals surface area contributed by atoms with Crippen LogP contribution in [-0.2, 0) is 0 Å². The molecule has 1 rings (SSSR count). The molecule has 0 aromatic heterocycles. The highest BCUT2D eigenvalue weighted by Crippen LogP contribution is 2.16. The lowest BCUT2D eigenvalue weighted by molar-refractivity contribution is 0.204. The second-order valence-corrected chi connectivity index (χ2v) is 5.31. The van der Waals surface area contributed by atoms with E-state index in [1.807, 2.05) is 26.0 Å². The molecular formula is C18H34N2. The SMILES string of the molecule is C=C/C=C(\C)N/C(=C\CC)CN1CCC(C)CC1.CC. The van der Waals surface area contributed by atoms with Gasteiger partial charge in [0.25, 0.3) is 0 Å². The molecule has 1 heterocycles. The molecule has 0 amide bonds. The molecule has 2 nitrogen and oxygen atoms in total. The van der Waals surface area contributed by atoms with Gasteiger partial charge in [0.05, 0.1) is 0 Å². The highest BCUT2D eigenvalue weighted by Gasteiger charge is 2.16. The summed E-state index contributed by atoms with van der Waals surface area (Å²) in [4.78, 5) is 2.55. The van der Waals surface area contributed by atoms with Crippen molar-refractivity contribution >= 4 is 0 Å². The first-order valence-electron chi connectivity index (χ1n) is 8.13. The monoisotopic (exact) mass is 278 g/mol. The Labute approximate surface area is 126 Å². The van der Waals surface area contributed by atoms with Crippen LogP contribution >= 0.6 is 0 Å². The zero-order valence-corrected chi connectivity index (χ0v) is 14.2. The van der Waals surface area contributed by atoms with Gasteiger partial charge in [-0.05, 0) is 51.3 Å². The van der Waals surface area contributed by atoms with E-state index in [4.69, 9.17) is 0 Å². The third kappa shape index (κ3) is 8.21. The fourth-order valence-electron chi connectivity index (χ4n) is 2.33. The average Bonchev–Trinajstić information content (AvgIpc) is 2.44. The molecule has 1 N–H and O–H groups in total. The summed E-state index contributed by atoms with van der Waals surface area (Å²) in [5.74, 6) is 0.898. The van der Waals surface area contributed by atoms with Crippen LogP contribution < -0.4 is 5.32 Å². The van der Waals surface area contributed by atoms with Crippen molar-refractivity contribution in [2.24, 2.45) is 5.92 Å². The molecular weight excluding hydrogens is 244 g/mol. The topological polar surface area (TPSA) is 15.3 Å². The molecule has 20 heavy (non-hydrogen) atoms. The molecule has 116 valence electrons. The standard InChI is InChI=1S/C16H28N2.C2H6/c1-5-7-15(4)17-16(8-6-2)13-18-11-9-14(3)10-12-18;1-2/h5,7-8,14,17H,1,6,9-13H2,2-4H3;1-2H3/b15-7+,16-8-;. The van der Waals surface area contributed by atoms with Crippen LogP contribution in [0, 0.1) is 5.92 Å². The van der Waals surface area contributed by atoms with E-state index < -0.39 is 0 Å². The fraction of sp³-hybridized carbons (Fsp3) is 0.667. The van der Waals surface area contributed by atoms with Crippen LogP contribution in [0.5, 0.6) is 0 Å². The molecule has 0 aromatic carbocycles. The van der Waals surface area contributed by atoms with Gasteiger partial charge < -0.3 is 5.32 Å². The first-order valence-corrected chi connectivity index (χ1v) is 8.13. The Morgan fingerprint density at radius 2 is 1.90 bits per heavy atom. The molecule has 1 saturated heterocycles. The van der Waals surface area contributed by atoms with Gasteiger partial charge in [-0.3, -0.25) is 4.90 Å². The van der Waals surface area contributed by atoms with Crippen molar-refractivity contribution in [1.29, 1.82) is 0 Å². The predicted octanol–water partition coefficient (Wildman–Crippen LogP) is 4.72. The van der Waals surface area contributed by atoms with Crippen LogP contribution in [0.1, 0.15) is 53.9 Å². The minimum absolute atomic E-state index is 0.898. The summed E-state index contributed by atoms with van der Waals surface area (Å²) in [5, 5.41) is 3.49. The minimum atomic E-state index is 0.898. The summed E-state index contributed by atoms with van der Waals surface area (Å²) in [7, 11) is 0. The van der Waals surface area contributed by atoms with Gasteiger partial charge in [-0.2, -0.15) is 0 Å². The van der Waals surface area contributed by atoms with Gasteiger partial charge in [0.1, 0.15) is 0 Å². The Balaban J connectivity index is 0.00000172. The van der Waals surface area contributed by atoms with Gasteiger partial charge >= 0.3 is 0 Å². The molecule has 0 atom stereocenters. The van der Waals surface area contributed by atoms with E-state index in [9.17, 15) is 0 Å². The van der Waals surface area contributed by atoms with E-state index in [1.54, 1.807) is 0 Å². The Bertz CT molecular complexity index is 307. The molecule has 1 fully saturated rings. The Morgan fingerprint density at radius 1 is 1.30 bits per heavy atom. The highest BCUT2D eigenvalue weighted by molar-refractivity contribution is 5.15. The number of allylic oxidation sites excluding steroid dienone is 4. The van der Waals surface area contributed by atoms with Crippen LogP contribution in [0.2, 0.25) is 0 Å². The van der Waals surface area contributed by atoms with Crippen LogP contribution in [0.4, 0.5) is 0 Å². The van der Waals surface area contributed by atoms with Crippen molar-refractivity contribution in [1.82, 2.24) is 10.2 Å². The van der Waals surface area contributed by atoms with Gasteiger partial charge in [0.2, 0.25) is 0 Å². The number of likely N-dealkylation sites (tertiary alicyclic amines) is 1. The molecule has 0 aliphatic carbocycles. The van der Waals surface area contributed by atoms with Crippen molar-refractivity contribution in [3.8, 4) is 0 Å². The first kappa shape index (κ1) is 19.0. The third-order valence-corrected chi connectivity index (χ3v) is 3.45. The van der Waals surface area contributed by atoms with E-state index in [0.29, 0.717) is 0 Å². The Kier molecular flexibility index (Phi) is 11.2. The molecule has 0 spiro atoms. The Hall–Kier alpha value is -1.02. The van der Waals surface area contributed by atoms with Gasteiger partial charge in [-0.15, -0.1) is 0 Å². The van der Waals surface area contributed by atoms with E-state index in [0.717, 1.165) is 24.6 Å². The van der Waals surface area contributed by atoms with Crippen LogP contribution in [-0.4, -0.2) is 24.5 Å². The van der Waals surface area contributed by atoms with Crippen molar-refractivity contribution in [3.05, 3.63) is 36.2 Å². The molecule has 2 heteroatoms. The summed E-state index contributed by atoms with van der Waals surface area (Å²) in [6.45, 7) is 17.9.